The largest absolute Gasteiger partial charge is 0.466 e. The summed E-state index contributed by atoms with van der Waals surface area (Å²) in [7, 11) is 0. The number of amides is 1. The van der Waals surface area contributed by atoms with E-state index in [9.17, 15) is 4.79 Å². The van der Waals surface area contributed by atoms with Crippen LogP contribution in [0.5, 0.6) is 0 Å². The summed E-state index contributed by atoms with van der Waals surface area (Å²) in [4.78, 5) is 14.6. The van der Waals surface area contributed by atoms with Gasteiger partial charge in [-0.15, -0.1) is 0 Å². The van der Waals surface area contributed by atoms with Crippen molar-refractivity contribution in [2.75, 3.05) is 11.9 Å². The van der Waals surface area contributed by atoms with Crippen molar-refractivity contribution in [3.8, 4) is 0 Å². The molecule has 3 nitrogen and oxygen atoms in total. The minimum atomic E-state index is 0.121. The Hall–Kier alpha value is -0.770. The summed E-state index contributed by atoms with van der Waals surface area (Å²) in [5, 5.41) is 0.825. The predicted octanol–water partition coefficient (Wildman–Crippen LogP) is 3.68. The molecule has 1 fully saturated rings. The average Bonchev–Trinajstić information content (AvgIpc) is 2.95. The van der Waals surface area contributed by atoms with Crippen molar-refractivity contribution >= 4 is 21.8 Å². The van der Waals surface area contributed by atoms with Crippen LogP contribution in [0.4, 0.5) is 0 Å². The van der Waals surface area contributed by atoms with Gasteiger partial charge in [0.15, 0.2) is 0 Å². The smallest absolute Gasteiger partial charge is 0.257 e. The molecule has 4 heteroatoms. The lowest BCUT2D eigenvalue weighted by Gasteiger charge is -2.28. The average molecular weight is 314 g/mol. The van der Waals surface area contributed by atoms with Crippen LogP contribution in [-0.4, -0.2) is 28.7 Å². The number of rotatable bonds is 4. The summed E-state index contributed by atoms with van der Waals surface area (Å²) < 4.78 is 5.47. The minimum absolute atomic E-state index is 0.121. The van der Waals surface area contributed by atoms with Crippen LogP contribution < -0.4 is 0 Å². The van der Waals surface area contributed by atoms with E-state index in [4.69, 9.17) is 4.42 Å². The molecule has 0 aromatic carbocycles. The number of alkyl halides is 1. The van der Waals surface area contributed by atoms with Crippen molar-refractivity contribution in [3.63, 3.8) is 0 Å². The quantitative estimate of drug-likeness (QED) is 0.795. The van der Waals surface area contributed by atoms with E-state index in [1.54, 1.807) is 0 Å². The van der Waals surface area contributed by atoms with E-state index < -0.39 is 0 Å². The first-order chi connectivity index (χ1) is 8.63. The van der Waals surface area contributed by atoms with E-state index in [0.29, 0.717) is 6.04 Å². The minimum Gasteiger partial charge on any atom is -0.466 e. The maximum absolute atomic E-state index is 12.6. The van der Waals surface area contributed by atoms with Crippen molar-refractivity contribution < 1.29 is 9.21 Å². The molecule has 1 saturated carbocycles. The Bertz CT molecular complexity index is 421. The third-order valence-electron chi connectivity index (χ3n) is 3.62. The van der Waals surface area contributed by atoms with Gasteiger partial charge in [-0.1, -0.05) is 28.8 Å². The number of aryl methyl sites for hydroxylation is 2. The van der Waals surface area contributed by atoms with Crippen LogP contribution in [0.25, 0.3) is 0 Å². The van der Waals surface area contributed by atoms with Crippen LogP contribution in [-0.2, 0) is 0 Å². The maximum Gasteiger partial charge on any atom is 0.257 e. The highest BCUT2D eigenvalue weighted by Gasteiger charge is 2.28. The Morgan fingerprint density at radius 3 is 2.61 bits per heavy atom. The van der Waals surface area contributed by atoms with E-state index in [1.165, 1.54) is 12.8 Å². The molecule has 0 aliphatic heterocycles. The third kappa shape index (κ3) is 2.79. The number of nitrogens with zero attached hydrogens (tertiary/aromatic N) is 1. The first-order valence-electron chi connectivity index (χ1n) is 6.57. The summed E-state index contributed by atoms with van der Waals surface area (Å²) in [6.45, 7) is 4.52. The standard InChI is InChI=1S/C14H20BrNO2/c1-10-9-13(11(2)18-10)14(17)16(8-7-15)12-5-3-4-6-12/h9,12H,3-8H2,1-2H3. The SMILES string of the molecule is Cc1cc(C(=O)N(CCBr)C2CCCC2)c(C)o1. The van der Waals surface area contributed by atoms with Crippen LogP contribution in [0.2, 0.25) is 0 Å². The van der Waals surface area contributed by atoms with Gasteiger partial charge in [0.2, 0.25) is 0 Å². The van der Waals surface area contributed by atoms with Gasteiger partial charge in [0, 0.05) is 17.9 Å². The Kier molecular flexibility index (Phi) is 4.49. The zero-order chi connectivity index (χ0) is 13.1. The molecule has 0 saturated heterocycles. The topological polar surface area (TPSA) is 33.5 Å². The summed E-state index contributed by atoms with van der Waals surface area (Å²) in [5.74, 6) is 1.66. The monoisotopic (exact) mass is 313 g/mol. The number of hydrogen-bond donors (Lipinski definition) is 0. The summed E-state index contributed by atoms with van der Waals surface area (Å²) in [6, 6.07) is 2.26. The Morgan fingerprint density at radius 2 is 2.11 bits per heavy atom. The summed E-state index contributed by atoms with van der Waals surface area (Å²) >= 11 is 3.44. The molecule has 1 aliphatic rings. The fourth-order valence-electron chi connectivity index (χ4n) is 2.75. The molecular weight excluding hydrogens is 294 g/mol. The third-order valence-corrected chi connectivity index (χ3v) is 3.98. The predicted molar refractivity (Wildman–Crippen MR) is 75.3 cm³/mol. The van der Waals surface area contributed by atoms with E-state index in [0.717, 1.165) is 41.8 Å². The second-order valence-electron chi connectivity index (χ2n) is 4.95. The summed E-state index contributed by atoms with van der Waals surface area (Å²) in [5.41, 5.74) is 0.723. The lowest BCUT2D eigenvalue weighted by Crippen LogP contribution is -2.40. The normalized spacial score (nSPS) is 16.2. The van der Waals surface area contributed by atoms with Crippen molar-refractivity contribution in [1.82, 2.24) is 4.90 Å². The van der Waals surface area contributed by atoms with Gasteiger partial charge >= 0.3 is 0 Å². The molecule has 1 heterocycles. The van der Waals surface area contributed by atoms with Gasteiger partial charge in [-0.2, -0.15) is 0 Å². The fourth-order valence-corrected chi connectivity index (χ4v) is 3.14. The zero-order valence-electron chi connectivity index (χ0n) is 11.0. The first kappa shape index (κ1) is 13.7. The van der Waals surface area contributed by atoms with E-state index in [1.807, 2.05) is 24.8 Å². The number of carbonyl (C=O) groups is 1. The number of furan rings is 1. The van der Waals surface area contributed by atoms with Crippen molar-refractivity contribution in [2.24, 2.45) is 0 Å². The molecule has 2 rings (SSSR count). The molecule has 1 aliphatic carbocycles. The Morgan fingerprint density at radius 1 is 1.44 bits per heavy atom. The first-order valence-corrected chi connectivity index (χ1v) is 7.69. The van der Waals surface area contributed by atoms with E-state index in [2.05, 4.69) is 15.9 Å². The molecule has 18 heavy (non-hydrogen) atoms. The number of halogens is 1. The highest BCUT2D eigenvalue weighted by atomic mass is 79.9. The van der Waals surface area contributed by atoms with Gasteiger partial charge in [-0.05, 0) is 32.8 Å². The fraction of sp³-hybridized carbons (Fsp3) is 0.643. The van der Waals surface area contributed by atoms with Gasteiger partial charge in [0.05, 0.1) is 5.56 Å². The number of hydrogen-bond acceptors (Lipinski definition) is 2. The number of carbonyl (C=O) groups excluding carboxylic acids is 1. The van der Waals surface area contributed by atoms with Crippen molar-refractivity contribution in [3.05, 3.63) is 23.2 Å². The van der Waals surface area contributed by atoms with Crippen LogP contribution in [0.15, 0.2) is 10.5 Å². The van der Waals surface area contributed by atoms with Gasteiger partial charge in [0.25, 0.3) is 5.91 Å². The molecule has 100 valence electrons. The lowest BCUT2D eigenvalue weighted by molar-refractivity contribution is 0.0694. The molecule has 0 bridgehead atoms. The molecule has 0 spiro atoms. The van der Waals surface area contributed by atoms with Crippen LogP contribution in [0.1, 0.15) is 47.6 Å². The Balaban J connectivity index is 2.19. The van der Waals surface area contributed by atoms with Crippen LogP contribution >= 0.6 is 15.9 Å². The zero-order valence-corrected chi connectivity index (χ0v) is 12.6. The van der Waals surface area contributed by atoms with Gasteiger partial charge in [-0.25, -0.2) is 0 Å². The lowest BCUT2D eigenvalue weighted by atomic mass is 10.1. The second-order valence-corrected chi connectivity index (χ2v) is 5.75. The Labute approximate surface area is 117 Å². The van der Waals surface area contributed by atoms with Crippen molar-refractivity contribution in [1.29, 1.82) is 0 Å². The molecular formula is C14H20BrNO2. The molecule has 0 unspecified atom stereocenters. The second kappa shape index (κ2) is 5.91. The maximum atomic E-state index is 12.6. The molecule has 0 N–H and O–H groups in total. The van der Waals surface area contributed by atoms with Crippen LogP contribution in [0.3, 0.4) is 0 Å². The summed E-state index contributed by atoms with van der Waals surface area (Å²) in [6.07, 6.45) is 4.74. The van der Waals surface area contributed by atoms with E-state index in [-0.39, 0.29) is 5.91 Å². The highest BCUT2D eigenvalue weighted by Crippen LogP contribution is 2.26. The van der Waals surface area contributed by atoms with Gasteiger partial charge < -0.3 is 9.32 Å². The molecule has 1 amide bonds. The van der Waals surface area contributed by atoms with Crippen LogP contribution in [0, 0.1) is 13.8 Å². The molecule has 1 aromatic rings. The molecule has 1 aromatic heterocycles. The van der Waals surface area contributed by atoms with Crippen molar-refractivity contribution in [2.45, 2.75) is 45.6 Å². The molecule has 0 radical (unpaired) electrons. The highest BCUT2D eigenvalue weighted by molar-refractivity contribution is 9.09. The van der Waals surface area contributed by atoms with Gasteiger partial charge in [-0.3, -0.25) is 4.79 Å². The van der Waals surface area contributed by atoms with Gasteiger partial charge in [0.1, 0.15) is 11.5 Å². The molecule has 0 atom stereocenters. The van der Waals surface area contributed by atoms with E-state index >= 15 is 0 Å².